The van der Waals surface area contributed by atoms with E-state index >= 15 is 0 Å². The van der Waals surface area contributed by atoms with Gasteiger partial charge in [0.15, 0.2) is 0 Å². The van der Waals surface area contributed by atoms with Crippen LogP contribution in [0.3, 0.4) is 0 Å². The van der Waals surface area contributed by atoms with Crippen molar-refractivity contribution >= 4 is 11.9 Å². The molecule has 0 aromatic rings. The number of hydrogen-bond acceptors (Lipinski definition) is 5. The largest absolute Gasteiger partial charge is 0.466 e. The Bertz CT molecular complexity index is 852. The van der Waals surface area contributed by atoms with Crippen molar-refractivity contribution in [2.24, 2.45) is 0 Å². The van der Waals surface area contributed by atoms with Crippen molar-refractivity contribution < 1.29 is 24.5 Å². The third-order valence-electron chi connectivity index (χ3n) is 12.9. The molecule has 0 aliphatic rings. The Morgan fingerprint density at radius 2 is 0.683 bits per heavy atom. The molecule has 0 heterocycles. The van der Waals surface area contributed by atoms with Gasteiger partial charge in [-0.2, -0.15) is 0 Å². The van der Waals surface area contributed by atoms with Crippen LogP contribution in [-0.2, 0) is 14.3 Å². The predicted octanol–water partition coefficient (Wildman–Crippen LogP) is 16.4. The molecular formula is C54H107NO5. The lowest BCUT2D eigenvalue weighted by Crippen LogP contribution is -2.45. The number of rotatable bonds is 51. The van der Waals surface area contributed by atoms with Crippen molar-refractivity contribution in [3.8, 4) is 0 Å². The highest BCUT2D eigenvalue weighted by atomic mass is 16.5. The molecule has 6 heteroatoms. The summed E-state index contributed by atoms with van der Waals surface area (Å²) >= 11 is 0. The van der Waals surface area contributed by atoms with Crippen LogP contribution in [0.1, 0.15) is 309 Å². The number of hydrogen-bond donors (Lipinski definition) is 3. The van der Waals surface area contributed by atoms with Gasteiger partial charge in [-0.25, -0.2) is 0 Å². The van der Waals surface area contributed by atoms with E-state index in [1.54, 1.807) is 0 Å². The van der Waals surface area contributed by atoms with Gasteiger partial charge in [0.25, 0.3) is 0 Å². The molecule has 1 amide bonds. The fourth-order valence-electron chi connectivity index (χ4n) is 8.70. The highest BCUT2D eigenvalue weighted by Gasteiger charge is 2.20. The molecule has 0 aromatic heterocycles. The number of esters is 1. The Kier molecular flexibility index (Phi) is 49.5. The zero-order valence-corrected chi connectivity index (χ0v) is 40.7. The molecule has 0 aliphatic heterocycles. The van der Waals surface area contributed by atoms with Crippen molar-refractivity contribution in [1.29, 1.82) is 0 Å². The lowest BCUT2D eigenvalue weighted by molar-refractivity contribution is -0.143. The number of aliphatic hydroxyl groups is 2. The van der Waals surface area contributed by atoms with Crippen molar-refractivity contribution in [1.82, 2.24) is 5.32 Å². The SMILES string of the molecule is CCCCCCCCCCCCCCCCC(=O)OCCCCCCCCCCCCCCCCCC(=O)NC(CO)C(O)CCCCCCCCCCCCCCCC. The zero-order chi connectivity index (χ0) is 43.7. The minimum Gasteiger partial charge on any atom is -0.466 e. The van der Waals surface area contributed by atoms with Crippen molar-refractivity contribution in [3.63, 3.8) is 0 Å². The van der Waals surface area contributed by atoms with Gasteiger partial charge in [0.05, 0.1) is 25.4 Å². The second-order valence-corrected chi connectivity index (χ2v) is 18.9. The van der Waals surface area contributed by atoms with E-state index in [1.807, 2.05) is 0 Å². The summed E-state index contributed by atoms with van der Waals surface area (Å²) in [6, 6.07) is -0.546. The van der Waals surface area contributed by atoms with Crippen molar-refractivity contribution in [2.75, 3.05) is 13.2 Å². The summed E-state index contributed by atoms with van der Waals surface area (Å²) in [5.74, 6) is -0.0377. The topological polar surface area (TPSA) is 95.9 Å². The predicted molar refractivity (Wildman–Crippen MR) is 260 cm³/mol. The maximum absolute atomic E-state index is 12.4. The van der Waals surface area contributed by atoms with E-state index in [-0.39, 0.29) is 18.5 Å². The Balaban J connectivity index is 3.41. The maximum atomic E-state index is 12.4. The van der Waals surface area contributed by atoms with Gasteiger partial charge in [-0.15, -0.1) is 0 Å². The smallest absolute Gasteiger partial charge is 0.305 e. The minimum absolute atomic E-state index is 0.00366. The van der Waals surface area contributed by atoms with E-state index < -0.39 is 12.1 Å². The molecular weight excluding hydrogens is 743 g/mol. The van der Waals surface area contributed by atoms with Crippen LogP contribution in [0.2, 0.25) is 0 Å². The monoisotopic (exact) mass is 850 g/mol. The molecule has 60 heavy (non-hydrogen) atoms. The fraction of sp³-hybridized carbons (Fsp3) is 0.963. The molecule has 0 rings (SSSR count). The van der Waals surface area contributed by atoms with E-state index in [0.29, 0.717) is 25.9 Å². The highest BCUT2D eigenvalue weighted by Crippen LogP contribution is 2.17. The van der Waals surface area contributed by atoms with Crippen LogP contribution in [0, 0.1) is 0 Å². The van der Waals surface area contributed by atoms with Gasteiger partial charge < -0.3 is 20.3 Å². The molecule has 0 radical (unpaired) electrons. The van der Waals surface area contributed by atoms with E-state index in [2.05, 4.69) is 19.2 Å². The molecule has 358 valence electrons. The average Bonchev–Trinajstić information content (AvgIpc) is 3.25. The second-order valence-electron chi connectivity index (χ2n) is 18.9. The molecule has 2 atom stereocenters. The lowest BCUT2D eigenvalue weighted by Gasteiger charge is -2.22. The Hall–Kier alpha value is -1.14. The van der Waals surface area contributed by atoms with Crippen molar-refractivity contribution in [3.05, 3.63) is 0 Å². The number of aliphatic hydroxyl groups excluding tert-OH is 2. The first kappa shape index (κ1) is 58.9. The first-order valence-electron chi connectivity index (χ1n) is 27.3. The number of carbonyl (C=O) groups is 2. The van der Waals surface area contributed by atoms with Crippen molar-refractivity contribution in [2.45, 2.75) is 321 Å². The van der Waals surface area contributed by atoms with Gasteiger partial charge in [0.1, 0.15) is 0 Å². The third kappa shape index (κ3) is 46.4. The van der Waals surface area contributed by atoms with Crippen LogP contribution in [-0.4, -0.2) is 47.4 Å². The summed E-state index contributed by atoms with van der Waals surface area (Å²) in [7, 11) is 0. The molecule has 0 aliphatic carbocycles. The number of unbranched alkanes of at least 4 members (excludes halogenated alkanes) is 40. The van der Waals surface area contributed by atoms with Crippen LogP contribution in [0.5, 0.6) is 0 Å². The van der Waals surface area contributed by atoms with Gasteiger partial charge in [-0.1, -0.05) is 271 Å². The summed E-state index contributed by atoms with van der Waals surface area (Å²) in [6.07, 6.45) is 56.5. The van der Waals surface area contributed by atoms with Gasteiger partial charge >= 0.3 is 5.97 Å². The zero-order valence-electron chi connectivity index (χ0n) is 40.7. The van der Waals surface area contributed by atoms with Crippen LogP contribution in [0.15, 0.2) is 0 Å². The van der Waals surface area contributed by atoms with E-state index in [4.69, 9.17) is 4.74 Å². The van der Waals surface area contributed by atoms with Crippen LogP contribution >= 0.6 is 0 Å². The molecule has 3 N–H and O–H groups in total. The standard InChI is InChI=1S/C54H107NO5/c1-3-5-7-9-11-13-15-17-22-26-30-34-38-42-46-52(57)51(50-56)55-53(58)47-43-39-35-31-27-23-20-19-21-25-29-33-37-41-45-49-60-54(59)48-44-40-36-32-28-24-18-16-14-12-10-8-6-4-2/h51-52,56-57H,3-50H2,1-2H3,(H,55,58). The number of nitrogens with one attached hydrogen (secondary N) is 1. The first-order chi connectivity index (χ1) is 29.5. The lowest BCUT2D eigenvalue weighted by atomic mass is 10.0. The summed E-state index contributed by atoms with van der Waals surface area (Å²) in [5, 5.41) is 23.2. The van der Waals surface area contributed by atoms with Gasteiger partial charge in [0.2, 0.25) is 5.91 Å². The number of carbonyl (C=O) groups excluding carboxylic acids is 2. The molecule has 0 spiro atoms. The highest BCUT2D eigenvalue weighted by molar-refractivity contribution is 5.76. The third-order valence-corrected chi connectivity index (χ3v) is 12.9. The number of ether oxygens (including phenoxy) is 1. The Labute approximate surface area is 375 Å². The van der Waals surface area contributed by atoms with E-state index in [0.717, 1.165) is 44.9 Å². The van der Waals surface area contributed by atoms with Crippen LogP contribution in [0.25, 0.3) is 0 Å². The summed E-state index contributed by atoms with van der Waals surface area (Å²) < 4.78 is 5.47. The molecule has 0 bridgehead atoms. The summed E-state index contributed by atoms with van der Waals surface area (Å²) in [4.78, 5) is 24.5. The van der Waals surface area contributed by atoms with Gasteiger partial charge in [-0.05, 0) is 25.7 Å². The molecule has 0 aromatic carbocycles. The summed E-state index contributed by atoms with van der Waals surface area (Å²) in [6.45, 7) is 4.95. The molecule has 0 saturated heterocycles. The number of amides is 1. The van der Waals surface area contributed by atoms with E-state index in [1.165, 1.54) is 231 Å². The first-order valence-corrected chi connectivity index (χ1v) is 27.3. The Morgan fingerprint density at radius 1 is 0.400 bits per heavy atom. The second kappa shape index (κ2) is 50.5. The van der Waals surface area contributed by atoms with Crippen LogP contribution in [0.4, 0.5) is 0 Å². The maximum Gasteiger partial charge on any atom is 0.305 e. The quantitative estimate of drug-likeness (QED) is 0.0418. The van der Waals surface area contributed by atoms with Crippen LogP contribution < -0.4 is 5.32 Å². The molecule has 0 saturated carbocycles. The Morgan fingerprint density at radius 3 is 1.02 bits per heavy atom. The average molecular weight is 850 g/mol. The normalized spacial score (nSPS) is 12.5. The molecule has 0 fully saturated rings. The fourth-order valence-corrected chi connectivity index (χ4v) is 8.70. The van der Waals surface area contributed by atoms with E-state index in [9.17, 15) is 19.8 Å². The van der Waals surface area contributed by atoms with Gasteiger partial charge in [0, 0.05) is 12.8 Å². The molecule has 6 nitrogen and oxygen atoms in total. The minimum atomic E-state index is -0.668. The summed E-state index contributed by atoms with van der Waals surface area (Å²) in [5.41, 5.74) is 0. The molecule has 2 unspecified atom stereocenters. The van der Waals surface area contributed by atoms with Gasteiger partial charge in [-0.3, -0.25) is 9.59 Å².